The molecule has 1 aliphatic carbocycles. The number of imidazole rings is 1. The molecule has 1 aliphatic heterocycles. The van der Waals surface area contributed by atoms with Gasteiger partial charge in [0.2, 0.25) is 0 Å². The second-order valence-corrected chi connectivity index (χ2v) is 8.24. The first-order valence-electron chi connectivity index (χ1n) is 8.82. The van der Waals surface area contributed by atoms with Crippen molar-refractivity contribution in [2.75, 3.05) is 13.1 Å². The van der Waals surface area contributed by atoms with Gasteiger partial charge in [-0.2, -0.15) is 0 Å². The van der Waals surface area contributed by atoms with E-state index in [1.54, 1.807) is 0 Å². The second-order valence-electron chi connectivity index (χ2n) is 7.32. The van der Waals surface area contributed by atoms with Gasteiger partial charge in [-0.25, -0.2) is 4.98 Å². The third-order valence-electron chi connectivity index (χ3n) is 5.73. The molecule has 1 N–H and O–H groups in total. The molecule has 1 atom stereocenters. The normalized spacial score (nSPS) is 22.2. The van der Waals surface area contributed by atoms with Gasteiger partial charge in [-0.15, -0.1) is 0 Å². The fourth-order valence-electron chi connectivity index (χ4n) is 4.18. The SMILES string of the molecule is Cn1ccnc1CN(Cc1cccc(Br)c1)C1CC12CCNCC2. The number of nitrogens with one attached hydrogen (secondary N) is 1. The number of aromatic nitrogens is 2. The summed E-state index contributed by atoms with van der Waals surface area (Å²) in [6.45, 7) is 4.26. The molecule has 1 saturated heterocycles. The number of hydrogen-bond acceptors (Lipinski definition) is 3. The summed E-state index contributed by atoms with van der Waals surface area (Å²) in [5.74, 6) is 1.15. The molecule has 0 amide bonds. The molecule has 2 aliphatic rings. The Labute approximate surface area is 152 Å². The van der Waals surface area contributed by atoms with E-state index in [1.165, 1.54) is 37.9 Å². The third kappa shape index (κ3) is 3.30. The van der Waals surface area contributed by atoms with E-state index in [2.05, 4.69) is 67.0 Å². The van der Waals surface area contributed by atoms with Crippen LogP contribution in [-0.4, -0.2) is 33.6 Å². The van der Waals surface area contributed by atoms with Crippen LogP contribution in [0.15, 0.2) is 41.1 Å². The predicted octanol–water partition coefficient (Wildman–Crippen LogP) is 3.33. The Morgan fingerprint density at radius 1 is 1.33 bits per heavy atom. The maximum Gasteiger partial charge on any atom is 0.122 e. The van der Waals surface area contributed by atoms with Gasteiger partial charge in [-0.3, -0.25) is 4.90 Å². The summed E-state index contributed by atoms with van der Waals surface area (Å²) in [7, 11) is 2.09. The van der Waals surface area contributed by atoms with Crippen LogP contribution in [0.4, 0.5) is 0 Å². The highest BCUT2D eigenvalue weighted by Crippen LogP contribution is 2.56. The summed E-state index contributed by atoms with van der Waals surface area (Å²) in [5.41, 5.74) is 1.91. The average molecular weight is 389 g/mol. The van der Waals surface area contributed by atoms with Gasteiger partial charge in [0.15, 0.2) is 0 Å². The van der Waals surface area contributed by atoms with E-state index < -0.39 is 0 Å². The van der Waals surface area contributed by atoms with Gasteiger partial charge >= 0.3 is 0 Å². The van der Waals surface area contributed by atoms with Gasteiger partial charge in [-0.05, 0) is 55.5 Å². The van der Waals surface area contributed by atoms with Crippen molar-refractivity contribution in [2.24, 2.45) is 12.5 Å². The van der Waals surface area contributed by atoms with Crippen molar-refractivity contribution < 1.29 is 0 Å². The van der Waals surface area contributed by atoms with E-state index in [4.69, 9.17) is 0 Å². The molecule has 1 saturated carbocycles. The Hall–Kier alpha value is -1.17. The molecule has 1 unspecified atom stereocenters. The minimum Gasteiger partial charge on any atom is -0.337 e. The lowest BCUT2D eigenvalue weighted by Crippen LogP contribution is -2.36. The summed E-state index contributed by atoms with van der Waals surface area (Å²) < 4.78 is 3.30. The van der Waals surface area contributed by atoms with Crippen LogP contribution >= 0.6 is 15.9 Å². The van der Waals surface area contributed by atoms with Crippen LogP contribution in [0.2, 0.25) is 0 Å². The third-order valence-corrected chi connectivity index (χ3v) is 6.22. The standard InChI is InChI=1S/C19H25BrN4/c1-23-10-9-22-18(23)14-24(13-15-3-2-4-16(20)11-15)17-12-19(17)5-7-21-8-6-19/h2-4,9-11,17,21H,5-8,12-14H2,1H3. The van der Waals surface area contributed by atoms with Gasteiger partial charge < -0.3 is 9.88 Å². The first-order valence-corrected chi connectivity index (χ1v) is 9.61. The zero-order valence-electron chi connectivity index (χ0n) is 14.2. The van der Waals surface area contributed by atoms with E-state index in [9.17, 15) is 0 Å². The maximum atomic E-state index is 4.56. The highest BCUT2D eigenvalue weighted by molar-refractivity contribution is 9.10. The van der Waals surface area contributed by atoms with Gasteiger partial charge in [0.1, 0.15) is 5.82 Å². The van der Waals surface area contributed by atoms with Gasteiger partial charge in [0.25, 0.3) is 0 Å². The van der Waals surface area contributed by atoms with Gasteiger partial charge in [0.05, 0.1) is 6.54 Å². The average Bonchev–Trinajstić information content (AvgIpc) is 3.10. The van der Waals surface area contributed by atoms with Crippen molar-refractivity contribution >= 4 is 15.9 Å². The van der Waals surface area contributed by atoms with Crippen molar-refractivity contribution in [2.45, 2.75) is 38.4 Å². The molecule has 1 aromatic heterocycles. The van der Waals surface area contributed by atoms with Crippen LogP contribution in [0, 0.1) is 5.41 Å². The highest BCUT2D eigenvalue weighted by Gasteiger charge is 2.56. The van der Waals surface area contributed by atoms with Crippen LogP contribution in [0.1, 0.15) is 30.7 Å². The molecule has 1 aromatic carbocycles. The van der Waals surface area contributed by atoms with Gasteiger partial charge in [0, 0.05) is 36.5 Å². The predicted molar refractivity (Wildman–Crippen MR) is 99.5 cm³/mol. The number of rotatable bonds is 5. The first-order chi connectivity index (χ1) is 11.7. The summed E-state index contributed by atoms with van der Waals surface area (Å²) in [5, 5.41) is 3.51. The lowest BCUT2D eigenvalue weighted by molar-refractivity contribution is 0.182. The molecule has 1 spiro atoms. The fourth-order valence-corrected chi connectivity index (χ4v) is 4.63. The molecule has 4 rings (SSSR count). The van der Waals surface area contributed by atoms with Crippen LogP contribution in [0.25, 0.3) is 0 Å². The van der Waals surface area contributed by atoms with E-state index in [-0.39, 0.29) is 0 Å². The van der Waals surface area contributed by atoms with E-state index >= 15 is 0 Å². The topological polar surface area (TPSA) is 33.1 Å². The Bertz CT molecular complexity index is 705. The maximum absolute atomic E-state index is 4.56. The van der Waals surface area contributed by atoms with Crippen molar-refractivity contribution in [1.82, 2.24) is 19.8 Å². The minimum absolute atomic E-state index is 0.544. The largest absolute Gasteiger partial charge is 0.337 e. The smallest absolute Gasteiger partial charge is 0.122 e. The number of hydrogen-bond donors (Lipinski definition) is 1. The molecule has 2 heterocycles. The van der Waals surface area contributed by atoms with Gasteiger partial charge in [-0.1, -0.05) is 28.1 Å². The van der Waals surface area contributed by atoms with Crippen LogP contribution in [-0.2, 0) is 20.1 Å². The van der Waals surface area contributed by atoms with E-state index in [0.29, 0.717) is 11.5 Å². The molecule has 0 bridgehead atoms. The van der Waals surface area contributed by atoms with E-state index in [1.807, 2.05) is 12.4 Å². The van der Waals surface area contributed by atoms with E-state index in [0.717, 1.165) is 23.4 Å². The number of piperidine rings is 1. The second kappa shape index (κ2) is 6.62. The molecule has 4 nitrogen and oxygen atoms in total. The summed E-state index contributed by atoms with van der Waals surface area (Å²) in [6.07, 6.45) is 7.91. The number of nitrogens with zero attached hydrogens (tertiary/aromatic N) is 3. The molecule has 5 heteroatoms. The molecular weight excluding hydrogens is 364 g/mol. The lowest BCUT2D eigenvalue weighted by atomic mass is 9.93. The van der Waals surface area contributed by atoms with Crippen LogP contribution in [0.5, 0.6) is 0 Å². The number of halogens is 1. The molecule has 128 valence electrons. The van der Waals surface area contributed by atoms with Crippen LogP contribution in [0.3, 0.4) is 0 Å². The van der Waals surface area contributed by atoms with Crippen molar-refractivity contribution in [3.8, 4) is 0 Å². The minimum atomic E-state index is 0.544. The molecule has 24 heavy (non-hydrogen) atoms. The van der Waals surface area contributed by atoms with Crippen molar-refractivity contribution in [3.63, 3.8) is 0 Å². The Kier molecular flexibility index (Phi) is 4.50. The number of aryl methyl sites for hydroxylation is 1. The zero-order valence-corrected chi connectivity index (χ0v) is 15.8. The Morgan fingerprint density at radius 3 is 2.88 bits per heavy atom. The molecule has 2 aromatic rings. The highest BCUT2D eigenvalue weighted by atomic mass is 79.9. The molecule has 2 fully saturated rings. The fraction of sp³-hybridized carbons (Fsp3) is 0.526. The number of benzene rings is 1. The summed E-state index contributed by atoms with van der Waals surface area (Å²) in [4.78, 5) is 7.21. The van der Waals surface area contributed by atoms with Crippen LogP contribution < -0.4 is 5.32 Å². The Balaban J connectivity index is 1.54. The quantitative estimate of drug-likeness (QED) is 0.852. The summed E-state index contributed by atoms with van der Waals surface area (Å²) in [6, 6.07) is 9.38. The monoisotopic (exact) mass is 388 g/mol. The lowest BCUT2D eigenvalue weighted by Gasteiger charge is -2.29. The van der Waals surface area contributed by atoms with Crippen molar-refractivity contribution in [3.05, 3.63) is 52.5 Å². The summed E-state index contributed by atoms with van der Waals surface area (Å²) >= 11 is 3.60. The van der Waals surface area contributed by atoms with Crippen molar-refractivity contribution in [1.29, 1.82) is 0 Å². The first kappa shape index (κ1) is 16.3. The molecule has 0 radical (unpaired) electrons. The Morgan fingerprint density at radius 2 is 2.17 bits per heavy atom. The molecular formula is C19H25BrN4. The zero-order chi connectivity index (χ0) is 16.6.